The van der Waals surface area contributed by atoms with Crippen LogP contribution in [0.25, 0.3) is 0 Å². The molecule has 0 aromatic heterocycles. The number of para-hydroxylation sites is 1. The Kier molecular flexibility index (Phi) is 5.64. The summed E-state index contributed by atoms with van der Waals surface area (Å²) in [7, 11) is 0. The van der Waals surface area contributed by atoms with Crippen molar-refractivity contribution >= 4 is 17.4 Å². The molecule has 110 valence electrons. The van der Waals surface area contributed by atoms with Crippen LogP contribution in [-0.2, 0) is 6.42 Å². The standard InChI is InChI=1S/C17H19ClN2O/c1-13(21-16-5-3-2-4-6-16)12-20-17(19)11-14-7-9-15(18)10-8-14/h2-10,13H,11-12H2,1H3,(H2,19,20). The lowest BCUT2D eigenvalue weighted by Gasteiger charge is -2.12. The first-order valence-electron chi connectivity index (χ1n) is 6.88. The van der Waals surface area contributed by atoms with E-state index in [9.17, 15) is 0 Å². The van der Waals surface area contributed by atoms with Gasteiger partial charge in [-0.15, -0.1) is 0 Å². The lowest BCUT2D eigenvalue weighted by molar-refractivity contribution is 0.230. The predicted octanol–water partition coefficient (Wildman–Crippen LogP) is 3.71. The minimum absolute atomic E-state index is 0.0174. The van der Waals surface area contributed by atoms with Gasteiger partial charge in [0.2, 0.25) is 0 Å². The highest BCUT2D eigenvalue weighted by atomic mass is 35.5. The average Bonchev–Trinajstić information content (AvgIpc) is 2.49. The molecule has 0 fully saturated rings. The fourth-order valence-corrected chi connectivity index (χ4v) is 2.01. The number of hydrogen-bond donors (Lipinski definition) is 1. The van der Waals surface area contributed by atoms with Crippen LogP contribution in [0.15, 0.2) is 59.6 Å². The molecule has 21 heavy (non-hydrogen) atoms. The maximum absolute atomic E-state index is 5.95. The van der Waals surface area contributed by atoms with Gasteiger partial charge in [-0.2, -0.15) is 0 Å². The SMILES string of the molecule is CC(CN=C(N)Cc1ccc(Cl)cc1)Oc1ccccc1. The van der Waals surface area contributed by atoms with Crippen molar-refractivity contribution in [3.05, 3.63) is 65.2 Å². The second kappa shape index (κ2) is 7.70. The zero-order valence-electron chi connectivity index (χ0n) is 12.0. The highest BCUT2D eigenvalue weighted by Crippen LogP contribution is 2.11. The summed E-state index contributed by atoms with van der Waals surface area (Å²) in [6.45, 7) is 2.51. The number of nitrogens with zero attached hydrogens (tertiary/aromatic N) is 1. The summed E-state index contributed by atoms with van der Waals surface area (Å²) in [5.41, 5.74) is 7.04. The van der Waals surface area contributed by atoms with E-state index >= 15 is 0 Å². The van der Waals surface area contributed by atoms with Crippen molar-refractivity contribution in [2.24, 2.45) is 10.7 Å². The van der Waals surface area contributed by atoms with Gasteiger partial charge in [0.05, 0.1) is 12.4 Å². The second-order valence-corrected chi connectivity index (χ2v) is 5.31. The van der Waals surface area contributed by atoms with Crippen LogP contribution in [0.1, 0.15) is 12.5 Å². The van der Waals surface area contributed by atoms with Gasteiger partial charge in [-0.25, -0.2) is 0 Å². The molecular formula is C17H19ClN2O. The molecule has 3 nitrogen and oxygen atoms in total. The van der Waals surface area contributed by atoms with Crippen molar-refractivity contribution in [2.45, 2.75) is 19.4 Å². The molecule has 0 aliphatic carbocycles. The third-order valence-corrected chi connectivity index (χ3v) is 3.18. The number of halogens is 1. The summed E-state index contributed by atoms with van der Waals surface area (Å²) in [5.74, 6) is 1.44. The van der Waals surface area contributed by atoms with Gasteiger partial charge in [-0.3, -0.25) is 4.99 Å². The van der Waals surface area contributed by atoms with Gasteiger partial charge in [0.15, 0.2) is 0 Å². The number of aliphatic imine (C=N–C) groups is 1. The first-order chi connectivity index (χ1) is 10.1. The fourth-order valence-electron chi connectivity index (χ4n) is 1.88. The van der Waals surface area contributed by atoms with Crippen LogP contribution in [0.3, 0.4) is 0 Å². The van der Waals surface area contributed by atoms with Crippen molar-refractivity contribution in [1.82, 2.24) is 0 Å². The Labute approximate surface area is 130 Å². The topological polar surface area (TPSA) is 47.6 Å². The summed E-state index contributed by atoms with van der Waals surface area (Å²) in [5, 5.41) is 0.721. The Morgan fingerprint density at radius 2 is 1.81 bits per heavy atom. The molecule has 1 unspecified atom stereocenters. The molecule has 2 N–H and O–H groups in total. The van der Waals surface area contributed by atoms with Crippen molar-refractivity contribution in [3.8, 4) is 5.75 Å². The summed E-state index contributed by atoms with van der Waals surface area (Å²) >= 11 is 5.85. The average molecular weight is 303 g/mol. The lowest BCUT2D eigenvalue weighted by Crippen LogP contribution is -2.21. The number of rotatable bonds is 6. The van der Waals surface area contributed by atoms with Crippen molar-refractivity contribution < 1.29 is 4.74 Å². The molecule has 0 amide bonds. The summed E-state index contributed by atoms with van der Waals surface area (Å²) in [4.78, 5) is 4.37. The summed E-state index contributed by atoms with van der Waals surface area (Å²) in [6, 6.07) is 17.3. The van der Waals surface area contributed by atoms with E-state index < -0.39 is 0 Å². The van der Waals surface area contributed by atoms with Crippen LogP contribution in [0.4, 0.5) is 0 Å². The molecule has 0 saturated carbocycles. The molecule has 0 aliphatic rings. The summed E-state index contributed by atoms with van der Waals surface area (Å²) in [6.07, 6.45) is 0.603. The van der Waals surface area contributed by atoms with E-state index in [1.54, 1.807) is 0 Å². The zero-order chi connectivity index (χ0) is 15.1. The van der Waals surface area contributed by atoms with Gasteiger partial charge in [-0.1, -0.05) is 41.9 Å². The minimum atomic E-state index is -0.0174. The normalized spacial score (nSPS) is 13.0. The number of benzene rings is 2. The first kappa shape index (κ1) is 15.4. The predicted molar refractivity (Wildman–Crippen MR) is 88.2 cm³/mol. The molecule has 2 aromatic carbocycles. The molecule has 0 heterocycles. The van der Waals surface area contributed by atoms with Crippen molar-refractivity contribution in [2.75, 3.05) is 6.54 Å². The third-order valence-electron chi connectivity index (χ3n) is 2.93. The van der Waals surface area contributed by atoms with Gasteiger partial charge in [-0.05, 0) is 36.8 Å². The highest BCUT2D eigenvalue weighted by Gasteiger charge is 2.03. The van der Waals surface area contributed by atoms with Crippen LogP contribution in [0, 0.1) is 0 Å². The Bertz CT molecular complexity index is 581. The Morgan fingerprint density at radius 1 is 1.14 bits per heavy atom. The van der Waals surface area contributed by atoms with Crippen LogP contribution in [0.2, 0.25) is 5.02 Å². The van der Waals surface area contributed by atoms with Crippen LogP contribution < -0.4 is 10.5 Å². The smallest absolute Gasteiger partial charge is 0.119 e. The van der Waals surface area contributed by atoms with Gasteiger partial charge in [0.25, 0.3) is 0 Å². The van der Waals surface area contributed by atoms with E-state index in [1.807, 2.05) is 61.5 Å². The Balaban J connectivity index is 1.83. The van der Waals surface area contributed by atoms with E-state index in [0.717, 1.165) is 16.3 Å². The van der Waals surface area contributed by atoms with Gasteiger partial charge < -0.3 is 10.5 Å². The number of ether oxygens (including phenoxy) is 1. The van der Waals surface area contributed by atoms with E-state index in [2.05, 4.69) is 4.99 Å². The maximum atomic E-state index is 5.95. The van der Waals surface area contributed by atoms with Crippen molar-refractivity contribution in [1.29, 1.82) is 0 Å². The van der Waals surface area contributed by atoms with Crippen molar-refractivity contribution in [3.63, 3.8) is 0 Å². The van der Waals surface area contributed by atoms with Crippen LogP contribution in [0.5, 0.6) is 5.75 Å². The molecular weight excluding hydrogens is 284 g/mol. The van der Waals surface area contributed by atoms with Gasteiger partial charge in [0.1, 0.15) is 11.9 Å². The fraction of sp³-hybridized carbons (Fsp3) is 0.235. The number of nitrogens with two attached hydrogens (primary N) is 1. The third kappa shape index (κ3) is 5.48. The van der Waals surface area contributed by atoms with Gasteiger partial charge >= 0.3 is 0 Å². The first-order valence-corrected chi connectivity index (χ1v) is 7.26. The second-order valence-electron chi connectivity index (χ2n) is 4.88. The monoisotopic (exact) mass is 302 g/mol. The molecule has 0 saturated heterocycles. The van der Waals surface area contributed by atoms with E-state index in [0.29, 0.717) is 18.8 Å². The minimum Gasteiger partial charge on any atom is -0.489 e. The largest absolute Gasteiger partial charge is 0.489 e. The number of hydrogen-bond acceptors (Lipinski definition) is 2. The molecule has 1 atom stereocenters. The molecule has 2 rings (SSSR count). The van der Waals surface area contributed by atoms with E-state index in [1.165, 1.54) is 0 Å². The zero-order valence-corrected chi connectivity index (χ0v) is 12.8. The quantitative estimate of drug-likeness (QED) is 0.653. The molecule has 2 aromatic rings. The van der Waals surface area contributed by atoms with Gasteiger partial charge in [0, 0.05) is 11.4 Å². The Hall–Kier alpha value is -2.00. The molecule has 4 heteroatoms. The highest BCUT2D eigenvalue weighted by molar-refractivity contribution is 6.30. The van der Waals surface area contributed by atoms with Crippen LogP contribution in [-0.4, -0.2) is 18.5 Å². The van der Waals surface area contributed by atoms with Crippen LogP contribution >= 0.6 is 11.6 Å². The molecule has 0 bridgehead atoms. The van der Waals surface area contributed by atoms with E-state index in [-0.39, 0.29) is 6.10 Å². The number of amidine groups is 1. The molecule has 0 spiro atoms. The van der Waals surface area contributed by atoms with E-state index in [4.69, 9.17) is 22.1 Å². The molecule has 0 aliphatic heterocycles. The summed E-state index contributed by atoms with van der Waals surface area (Å²) < 4.78 is 5.75. The Morgan fingerprint density at radius 3 is 2.48 bits per heavy atom. The maximum Gasteiger partial charge on any atom is 0.119 e. The lowest BCUT2D eigenvalue weighted by atomic mass is 10.1. The molecule has 0 radical (unpaired) electrons.